The number of rotatable bonds is 5. The highest BCUT2D eigenvalue weighted by Gasteiger charge is 2.25. The molecule has 2 aromatic heterocycles. The molecular weight excluding hydrogens is 410 g/mol. The SMILES string of the molecule is CN(C)CCN(C(=O)c1coc2ccccc2c1=O)c1nc2ccccc2s1.Cl. The van der Waals surface area contributed by atoms with Crippen LogP contribution in [0.1, 0.15) is 10.4 Å². The van der Waals surface area contributed by atoms with E-state index in [0.717, 1.165) is 10.2 Å². The second-order valence-corrected chi connectivity index (χ2v) is 7.71. The normalized spacial score (nSPS) is 11.0. The Morgan fingerprint density at radius 3 is 2.55 bits per heavy atom. The lowest BCUT2D eigenvalue weighted by Crippen LogP contribution is -2.38. The van der Waals surface area contributed by atoms with E-state index in [0.29, 0.717) is 29.2 Å². The summed E-state index contributed by atoms with van der Waals surface area (Å²) in [6.07, 6.45) is 1.25. The van der Waals surface area contributed by atoms with Crippen molar-refractivity contribution in [2.75, 3.05) is 32.1 Å². The van der Waals surface area contributed by atoms with E-state index in [1.807, 2.05) is 43.3 Å². The Bertz CT molecular complexity index is 1190. The minimum atomic E-state index is -0.402. The molecule has 0 atom stereocenters. The quantitative estimate of drug-likeness (QED) is 0.479. The molecule has 0 aliphatic rings. The number of carbonyl (C=O) groups excluding carboxylic acids is 1. The van der Waals surface area contributed by atoms with Crippen molar-refractivity contribution in [2.45, 2.75) is 0 Å². The number of nitrogens with zero attached hydrogens (tertiary/aromatic N) is 3. The number of benzene rings is 2. The van der Waals surface area contributed by atoms with Gasteiger partial charge in [-0.25, -0.2) is 4.98 Å². The van der Waals surface area contributed by atoms with Crippen molar-refractivity contribution in [3.8, 4) is 0 Å². The summed E-state index contributed by atoms with van der Waals surface area (Å²) in [4.78, 5) is 34.3. The standard InChI is InChI=1S/C21H19N3O3S.ClH/c1-23(2)11-12-24(21-22-16-8-4-6-10-18(16)28-21)20(26)15-13-27-17-9-5-3-7-14(17)19(15)25;/h3-10,13H,11-12H2,1-2H3;1H. The van der Waals surface area contributed by atoms with Gasteiger partial charge in [0.25, 0.3) is 5.91 Å². The van der Waals surface area contributed by atoms with Crippen LogP contribution in [-0.4, -0.2) is 43.0 Å². The van der Waals surface area contributed by atoms with Crippen LogP contribution in [0.15, 0.2) is 64.0 Å². The fourth-order valence-electron chi connectivity index (χ4n) is 2.93. The summed E-state index contributed by atoms with van der Waals surface area (Å²) < 4.78 is 6.53. The topological polar surface area (TPSA) is 66.7 Å². The Morgan fingerprint density at radius 1 is 1.07 bits per heavy atom. The summed E-state index contributed by atoms with van der Waals surface area (Å²) in [7, 11) is 3.87. The maximum atomic E-state index is 13.3. The van der Waals surface area contributed by atoms with E-state index >= 15 is 0 Å². The minimum absolute atomic E-state index is 0. The summed E-state index contributed by atoms with van der Waals surface area (Å²) in [5.41, 5.74) is 0.971. The third kappa shape index (κ3) is 4.17. The van der Waals surface area contributed by atoms with Gasteiger partial charge in [0.05, 0.1) is 15.6 Å². The first-order valence-electron chi connectivity index (χ1n) is 8.87. The molecule has 0 N–H and O–H groups in total. The molecule has 0 radical (unpaired) electrons. The van der Waals surface area contributed by atoms with Gasteiger partial charge in [-0.3, -0.25) is 14.5 Å². The van der Waals surface area contributed by atoms with Crippen LogP contribution in [0, 0.1) is 0 Å². The number of hydrogen-bond acceptors (Lipinski definition) is 6. The lowest BCUT2D eigenvalue weighted by Gasteiger charge is -2.21. The van der Waals surface area contributed by atoms with Gasteiger partial charge in [0.1, 0.15) is 17.4 Å². The number of hydrogen-bond donors (Lipinski definition) is 0. The first-order chi connectivity index (χ1) is 13.5. The molecule has 0 spiro atoms. The van der Waals surface area contributed by atoms with Gasteiger partial charge >= 0.3 is 0 Å². The van der Waals surface area contributed by atoms with Crippen LogP contribution in [-0.2, 0) is 0 Å². The average Bonchev–Trinajstić information content (AvgIpc) is 3.12. The predicted octanol–water partition coefficient (Wildman–Crippen LogP) is 4.03. The number of fused-ring (bicyclic) bond motifs is 2. The van der Waals surface area contributed by atoms with E-state index < -0.39 is 5.91 Å². The fourth-order valence-corrected chi connectivity index (χ4v) is 3.92. The van der Waals surface area contributed by atoms with Crippen LogP contribution in [0.5, 0.6) is 0 Å². The van der Waals surface area contributed by atoms with Gasteiger partial charge in [0.2, 0.25) is 5.43 Å². The van der Waals surface area contributed by atoms with Crippen molar-refractivity contribution in [3.05, 3.63) is 70.6 Å². The molecule has 0 bridgehead atoms. The van der Waals surface area contributed by atoms with E-state index in [-0.39, 0.29) is 23.4 Å². The highest BCUT2D eigenvalue weighted by Crippen LogP contribution is 2.29. The number of amides is 1. The maximum absolute atomic E-state index is 13.3. The molecule has 0 saturated carbocycles. The van der Waals surface area contributed by atoms with Crippen molar-refractivity contribution in [1.29, 1.82) is 0 Å². The van der Waals surface area contributed by atoms with Gasteiger partial charge in [0, 0.05) is 13.1 Å². The first kappa shape index (κ1) is 21.0. The highest BCUT2D eigenvalue weighted by molar-refractivity contribution is 7.22. The Balaban J connectivity index is 0.00000240. The number of carbonyl (C=O) groups is 1. The van der Waals surface area contributed by atoms with Gasteiger partial charge in [-0.05, 0) is 38.4 Å². The third-order valence-corrected chi connectivity index (χ3v) is 5.50. The van der Waals surface area contributed by atoms with Crippen molar-refractivity contribution in [2.24, 2.45) is 0 Å². The molecule has 8 heteroatoms. The van der Waals surface area contributed by atoms with E-state index in [9.17, 15) is 9.59 Å². The Labute approximate surface area is 177 Å². The lowest BCUT2D eigenvalue weighted by atomic mass is 10.1. The van der Waals surface area contributed by atoms with E-state index in [1.165, 1.54) is 17.6 Å². The molecule has 0 fully saturated rings. The van der Waals surface area contributed by atoms with Crippen molar-refractivity contribution < 1.29 is 9.21 Å². The molecule has 6 nitrogen and oxygen atoms in total. The second kappa shape index (κ2) is 8.73. The highest BCUT2D eigenvalue weighted by atomic mass is 35.5. The van der Waals surface area contributed by atoms with Crippen LogP contribution < -0.4 is 10.3 Å². The smallest absolute Gasteiger partial charge is 0.267 e. The van der Waals surface area contributed by atoms with Crippen molar-refractivity contribution in [1.82, 2.24) is 9.88 Å². The van der Waals surface area contributed by atoms with Crippen LogP contribution in [0.25, 0.3) is 21.2 Å². The van der Waals surface area contributed by atoms with Gasteiger partial charge in [-0.2, -0.15) is 0 Å². The third-order valence-electron chi connectivity index (χ3n) is 4.44. The number of thiazole rings is 1. The van der Waals surface area contributed by atoms with Crippen LogP contribution in [0.3, 0.4) is 0 Å². The maximum Gasteiger partial charge on any atom is 0.267 e. The molecule has 0 aliphatic heterocycles. The van der Waals surface area contributed by atoms with Crippen LogP contribution >= 0.6 is 23.7 Å². The average molecular weight is 430 g/mol. The Morgan fingerprint density at radius 2 is 1.79 bits per heavy atom. The zero-order valence-corrected chi connectivity index (χ0v) is 17.6. The van der Waals surface area contributed by atoms with Gasteiger partial charge in [0.15, 0.2) is 5.13 Å². The molecule has 2 aromatic carbocycles. The van der Waals surface area contributed by atoms with Crippen molar-refractivity contribution >= 4 is 56.0 Å². The number of halogens is 1. The molecule has 0 saturated heterocycles. The van der Waals surface area contributed by atoms with E-state index in [2.05, 4.69) is 4.98 Å². The van der Waals surface area contributed by atoms with Crippen LogP contribution in [0.4, 0.5) is 5.13 Å². The summed E-state index contributed by atoms with van der Waals surface area (Å²) >= 11 is 1.43. The number of anilines is 1. The zero-order chi connectivity index (χ0) is 19.7. The van der Waals surface area contributed by atoms with E-state index in [4.69, 9.17) is 4.42 Å². The first-order valence-corrected chi connectivity index (χ1v) is 9.69. The fraction of sp³-hybridized carbons (Fsp3) is 0.190. The largest absolute Gasteiger partial charge is 0.463 e. The molecule has 29 heavy (non-hydrogen) atoms. The summed E-state index contributed by atoms with van der Waals surface area (Å²) in [6, 6.07) is 14.7. The minimum Gasteiger partial charge on any atom is -0.463 e. The summed E-state index contributed by atoms with van der Waals surface area (Å²) in [5.74, 6) is -0.402. The number of aromatic nitrogens is 1. The Kier molecular flexibility index (Phi) is 6.32. The number of para-hydroxylation sites is 2. The van der Waals surface area contributed by atoms with Crippen LogP contribution in [0.2, 0.25) is 0 Å². The zero-order valence-electron chi connectivity index (χ0n) is 16.0. The predicted molar refractivity (Wildman–Crippen MR) is 120 cm³/mol. The summed E-state index contributed by atoms with van der Waals surface area (Å²) in [6.45, 7) is 1.05. The molecule has 150 valence electrons. The molecule has 0 unspecified atom stereocenters. The summed E-state index contributed by atoms with van der Waals surface area (Å²) in [5, 5.41) is 0.964. The van der Waals surface area contributed by atoms with Gasteiger partial charge in [-0.1, -0.05) is 35.6 Å². The molecular formula is C21H20ClN3O3S. The Hall–Kier alpha value is -2.74. The molecule has 2 heterocycles. The molecule has 4 aromatic rings. The van der Waals surface area contributed by atoms with Crippen molar-refractivity contribution in [3.63, 3.8) is 0 Å². The molecule has 1 amide bonds. The molecule has 4 rings (SSSR count). The monoisotopic (exact) mass is 429 g/mol. The van der Waals surface area contributed by atoms with Gasteiger partial charge < -0.3 is 9.32 Å². The van der Waals surface area contributed by atoms with Gasteiger partial charge in [-0.15, -0.1) is 12.4 Å². The lowest BCUT2D eigenvalue weighted by molar-refractivity contribution is 0.0982. The molecule has 0 aliphatic carbocycles. The number of likely N-dealkylation sites (N-methyl/N-ethyl adjacent to an activating group) is 1. The van der Waals surface area contributed by atoms with E-state index in [1.54, 1.807) is 29.2 Å². The second-order valence-electron chi connectivity index (χ2n) is 6.70.